The number of hydrogen-bond donors (Lipinski definition) is 1. The summed E-state index contributed by atoms with van der Waals surface area (Å²) in [6.45, 7) is 7.33. The molecule has 2 aromatic rings. The van der Waals surface area contributed by atoms with E-state index >= 15 is 0 Å². The Morgan fingerprint density at radius 3 is 2.38 bits per heavy atom. The number of alkyl halides is 3. The van der Waals surface area contributed by atoms with Crippen LogP contribution in [0.2, 0.25) is 0 Å². The van der Waals surface area contributed by atoms with Crippen LogP contribution in [-0.4, -0.2) is 31.2 Å². The number of fused-ring (bicyclic) bond motifs is 2. The summed E-state index contributed by atoms with van der Waals surface area (Å²) >= 11 is 0. The standard InChI is InChI=1S/C26H29F5N2O/c1-24(2,3)16-7-8-20-18(15-16)25(11-13-32-14-12-25)21(9-10-26(29,30)31)33(20)23(34)17-5-4-6-19(27)22(17)28/h4-8,15,21,32H,9-14H2,1-3H3. The van der Waals surface area contributed by atoms with Crippen LogP contribution < -0.4 is 10.2 Å². The van der Waals surface area contributed by atoms with E-state index in [-0.39, 0.29) is 11.8 Å². The van der Waals surface area contributed by atoms with Gasteiger partial charge in [-0.2, -0.15) is 13.2 Å². The molecule has 0 radical (unpaired) electrons. The third-order valence-corrected chi connectivity index (χ3v) is 7.21. The highest BCUT2D eigenvalue weighted by atomic mass is 19.4. The summed E-state index contributed by atoms with van der Waals surface area (Å²) in [6, 6.07) is 8.11. The van der Waals surface area contributed by atoms with Crippen molar-refractivity contribution in [3.05, 3.63) is 64.7 Å². The number of benzene rings is 2. The van der Waals surface area contributed by atoms with Crippen LogP contribution in [0.3, 0.4) is 0 Å². The van der Waals surface area contributed by atoms with Crippen molar-refractivity contribution in [3.63, 3.8) is 0 Å². The molecule has 2 aliphatic heterocycles. The van der Waals surface area contributed by atoms with E-state index in [4.69, 9.17) is 0 Å². The minimum atomic E-state index is -4.40. The summed E-state index contributed by atoms with van der Waals surface area (Å²) < 4.78 is 68.6. The van der Waals surface area contributed by atoms with Crippen LogP contribution in [0.5, 0.6) is 0 Å². The van der Waals surface area contributed by atoms with Gasteiger partial charge in [-0.05, 0) is 67.1 Å². The number of carbonyl (C=O) groups is 1. The molecule has 1 amide bonds. The number of halogens is 5. The van der Waals surface area contributed by atoms with Gasteiger partial charge in [0.25, 0.3) is 5.91 Å². The first-order chi connectivity index (χ1) is 15.8. The van der Waals surface area contributed by atoms with Crippen LogP contribution in [0, 0.1) is 11.6 Å². The van der Waals surface area contributed by atoms with Gasteiger partial charge in [0.15, 0.2) is 11.6 Å². The Kier molecular flexibility index (Phi) is 6.25. The molecular formula is C26H29F5N2O. The van der Waals surface area contributed by atoms with Crippen molar-refractivity contribution < 1.29 is 26.7 Å². The maximum atomic E-state index is 14.6. The lowest BCUT2D eigenvalue weighted by Gasteiger charge is -2.42. The van der Waals surface area contributed by atoms with Crippen molar-refractivity contribution in [1.82, 2.24) is 5.32 Å². The molecule has 2 heterocycles. The molecule has 8 heteroatoms. The van der Waals surface area contributed by atoms with Crippen LogP contribution in [0.1, 0.15) is 67.9 Å². The van der Waals surface area contributed by atoms with Gasteiger partial charge in [0, 0.05) is 23.6 Å². The number of hydrogen-bond acceptors (Lipinski definition) is 2. The molecule has 3 nitrogen and oxygen atoms in total. The number of nitrogens with one attached hydrogen (secondary N) is 1. The van der Waals surface area contributed by atoms with Gasteiger partial charge in [-0.25, -0.2) is 8.78 Å². The zero-order valence-electron chi connectivity index (χ0n) is 19.5. The fourth-order valence-corrected chi connectivity index (χ4v) is 5.44. The second-order valence-electron chi connectivity index (χ2n) is 10.3. The molecule has 0 bridgehead atoms. The van der Waals surface area contributed by atoms with E-state index in [1.165, 1.54) is 17.0 Å². The van der Waals surface area contributed by atoms with Crippen molar-refractivity contribution in [2.24, 2.45) is 0 Å². The van der Waals surface area contributed by atoms with Crippen LogP contribution in [-0.2, 0) is 10.8 Å². The number of rotatable bonds is 3. The highest BCUT2D eigenvalue weighted by Crippen LogP contribution is 2.53. The van der Waals surface area contributed by atoms with Gasteiger partial charge in [-0.3, -0.25) is 4.79 Å². The molecule has 184 valence electrons. The predicted octanol–water partition coefficient (Wildman–Crippen LogP) is 6.26. The second kappa shape index (κ2) is 8.63. The minimum absolute atomic E-state index is 0.212. The molecule has 1 fully saturated rings. The summed E-state index contributed by atoms with van der Waals surface area (Å²) in [5, 5.41) is 3.26. The van der Waals surface area contributed by atoms with E-state index in [0.29, 0.717) is 31.6 Å². The average molecular weight is 481 g/mol. The lowest BCUT2D eigenvalue weighted by atomic mass is 9.68. The van der Waals surface area contributed by atoms with Gasteiger partial charge >= 0.3 is 6.18 Å². The molecular weight excluding hydrogens is 451 g/mol. The molecule has 1 N–H and O–H groups in total. The van der Waals surface area contributed by atoms with Gasteiger partial charge in [-0.1, -0.05) is 39.0 Å². The summed E-state index contributed by atoms with van der Waals surface area (Å²) in [5.41, 5.74) is 0.914. The lowest BCUT2D eigenvalue weighted by molar-refractivity contribution is -0.137. The van der Waals surface area contributed by atoms with E-state index in [9.17, 15) is 26.7 Å². The highest BCUT2D eigenvalue weighted by Gasteiger charge is 2.54. The van der Waals surface area contributed by atoms with E-state index < -0.39 is 47.2 Å². The van der Waals surface area contributed by atoms with Crippen molar-refractivity contribution in [3.8, 4) is 0 Å². The Bertz CT molecular complexity index is 1080. The maximum Gasteiger partial charge on any atom is 0.389 e. The SMILES string of the molecule is CC(C)(C)c1ccc2c(c1)C1(CCNCC1)C(CCC(F)(F)F)N2C(=O)c1cccc(F)c1F. The Morgan fingerprint density at radius 1 is 1.09 bits per heavy atom. The Labute approximate surface area is 196 Å². The fourth-order valence-electron chi connectivity index (χ4n) is 5.44. The molecule has 1 unspecified atom stereocenters. The monoisotopic (exact) mass is 480 g/mol. The third-order valence-electron chi connectivity index (χ3n) is 7.21. The zero-order chi connectivity index (χ0) is 24.9. The van der Waals surface area contributed by atoms with Crippen LogP contribution in [0.4, 0.5) is 27.6 Å². The molecule has 0 aliphatic carbocycles. The summed E-state index contributed by atoms with van der Waals surface area (Å²) in [7, 11) is 0. The molecule has 4 rings (SSSR count). The maximum absolute atomic E-state index is 14.6. The molecule has 1 atom stereocenters. The Balaban J connectivity index is 1.90. The van der Waals surface area contributed by atoms with Crippen molar-refractivity contribution in [1.29, 1.82) is 0 Å². The van der Waals surface area contributed by atoms with E-state index in [1.54, 1.807) is 6.07 Å². The molecule has 0 aromatic heterocycles. The number of nitrogens with zero attached hydrogens (tertiary/aromatic N) is 1. The minimum Gasteiger partial charge on any atom is -0.317 e. The lowest BCUT2D eigenvalue weighted by Crippen LogP contribution is -2.52. The summed E-state index contributed by atoms with van der Waals surface area (Å²) in [5.74, 6) is -3.28. The predicted molar refractivity (Wildman–Crippen MR) is 121 cm³/mol. The first-order valence-corrected chi connectivity index (χ1v) is 11.6. The molecule has 1 spiro atoms. The fraction of sp³-hybridized carbons (Fsp3) is 0.500. The van der Waals surface area contributed by atoms with E-state index in [0.717, 1.165) is 17.2 Å². The normalized spacial score (nSPS) is 20.0. The zero-order valence-corrected chi connectivity index (χ0v) is 19.5. The highest BCUT2D eigenvalue weighted by molar-refractivity contribution is 6.08. The Hall–Kier alpha value is -2.48. The molecule has 2 aliphatic rings. The van der Waals surface area contributed by atoms with Gasteiger partial charge in [-0.15, -0.1) is 0 Å². The van der Waals surface area contributed by atoms with Gasteiger partial charge in [0.05, 0.1) is 5.56 Å². The van der Waals surface area contributed by atoms with E-state index in [1.807, 2.05) is 32.9 Å². The first kappa shape index (κ1) is 24.6. The number of amides is 1. The summed E-state index contributed by atoms with van der Waals surface area (Å²) in [4.78, 5) is 15.0. The number of piperidine rings is 1. The largest absolute Gasteiger partial charge is 0.389 e. The summed E-state index contributed by atoms with van der Waals surface area (Å²) in [6.07, 6.45) is -4.69. The second-order valence-corrected chi connectivity index (χ2v) is 10.3. The number of carbonyl (C=O) groups excluding carboxylic acids is 1. The quantitative estimate of drug-likeness (QED) is 0.527. The van der Waals surface area contributed by atoms with Crippen LogP contribution in [0.25, 0.3) is 0 Å². The van der Waals surface area contributed by atoms with Crippen molar-refractivity contribution >= 4 is 11.6 Å². The van der Waals surface area contributed by atoms with Gasteiger partial charge < -0.3 is 10.2 Å². The van der Waals surface area contributed by atoms with Crippen LogP contribution in [0.15, 0.2) is 36.4 Å². The van der Waals surface area contributed by atoms with E-state index in [2.05, 4.69) is 5.32 Å². The molecule has 1 saturated heterocycles. The first-order valence-electron chi connectivity index (χ1n) is 11.6. The molecule has 34 heavy (non-hydrogen) atoms. The smallest absolute Gasteiger partial charge is 0.317 e. The Morgan fingerprint density at radius 2 is 1.76 bits per heavy atom. The topological polar surface area (TPSA) is 32.3 Å². The van der Waals surface area contributed by atoms with Gasteiger partial charge in [0.1, 0.15) is 0 Å². The molecule has 2 aromatic carbocycles. The van der Waals surface area contributed by atoms with Gasteiger partial charge in [0.2, 0.25) is 0 Å². The van der Waals surface area contributed by atoms with Crippen LogP contribution >= 0.6 is 0 Å². The van der Waals surface area contributed by atoms with Crippen molar-refractivity contribution in [2.45, 2.75) is 69.5 Å². The third kappa shape index (κ3) is 4.32. The average Bonchev–Trinajstić information content (AvgIpc) is 3.02. The van der Waals surface area contributed by atoms with Crippen molar-refractivity contribution in [2.75, 3.05) is 18.0 Å². The molecule has 0 saturated carbocycles. The number of anilines is 1.